The van der Waals surface area contributed by atoms with Gasteiger partial charge < -0.3 is 19.9 Å². The molecule has 0 aliphatic carbocycles. The van der Waals surface area contributed by atoms with E-state index >= 15 is 0 Å². The van der Waals surface area contributed by atoms with Gasteiger partial charge in [-0.1, -0.05) is 6.07 Å². The Morgan fingerprint density at radius 1 is 1.38 bits per heavy atom. The first kappa shape index (κ1) is 22.3. The van der Waals surface area contributed by atoms with E-state index in [4.69, 9.17) is 9.68 Å². The van der Waals surface area contributed by atoms with Gasteiger partial charge in [0.15, 0.2) is 5.69 Å². The lowest BCUT2D eigenvalue weighted by Gasteiger charge is -2.27. The van der Waals surface area contributed by atoms with Gasteiger partial charge in [-0.25, -0.2) is 13.1 Å². The molecule has 0 aliphatic rings. The molecule has 11 nitrogen and oxygen atoms in total. The maximum absolute atomic E-state index is 12.5. The minimum atomic E-state index is -3.63. The Bertz CT molecular complexity index is 956. The third-order valence-corrected chi connectivity index (χ3v) is 4.39. The topological polar surface area (TPSA) is 178 Å². The average molecular weight is 423 g/mol. The predicted octanol–water partition coefficient (Wildman–Crippen LogP) is -0.192. The zero-order valence-electron chi connectivity index (χ0n) is 15.5. The first-order chi connectivity index (χ1) is 13.7. The number of rotatable bonds is 10. The maximum Gasteiger partial charge on any atom is 0.309 e. The van der Waals surface area contributed by atoms with Crippen LogP contribution in [0.2, 0.25) is 0 Å². The van der Waals surface area contributed by atoms with Gasteiger partial charge in [-0.15, -0.1) is 0 Å². The van der Waals surface area contributed by atoms with Crippen molar-refractivity contribution >= 4 is 21.9 Å². The average Bonchev–Trinajstić information content (AvgIpc) is 3.12. The lowest BCUT2D eigenvalue weighted by Crippen LogP contribution is -2.50. The second-order valence-corrected chi connectivity index (χ2v) is 8.02. The lowest BCUT2D eigenvalue weighted by atomic mass is 9.97. The van der Waals surface area contributed by atoms with Crippen molar-refractivity contribution in [3.05, 3.63) is 42.0 Å². The fraction of sp³-hybridized carbons (Fsp3) is 0.412. The van der Waals surface area contributed by atoms with E-state index in [2.05, 4.69) is 15.3 Å². The van der Waals surface area contributed by atoms with E-state index in [9.17, 15) is 23.4 Å². The highest BCUT2D eigenvalue weighted by Crippen LogP contribution is 2.13. The number of aromatic nitrogens is 2. The second-order valence-electron chi connectivity index (χ2n) is 6.27. The number of oxazole rings is 1. The number of anilines is 1. The van der Waals surface area contributed by atoms with Crippen LogP contribution in [0.1, 0.15) is 29.0 Å². The van der Waals surface area contributed by atoms with Crippen LogP contribution in [-0.2, 0) is 16.4 Å². The smallest absolute Gasteiger partial charge is 0.309 e. The first-order valence-electron chi connectivity index (χ1n) is 8.56. The molecule has 2 rings (SSSR count). The van der Waals surface area contributed by atoms with E-state index in [1.165, 1.54) is 0 Å². The Labute approximate surface area is 167 Å². The summed E-state index contributed by atoms with van der Waals surface area (Å²) in [7, 11) is -3.63. The molecule has 0 fully saturated rings. The zero-order chi connectivity index (χ0) is 21.4. The molecule has 0 radical (unpaired) electrons. The molecule has 0 bridgehead atoms. The minimum absolute atomic E-state index is 0.0264. The molecule has 0 aliphatic heterocycles. The third-order valence-electron chi connectivity index (χ3n) is 3.84. The van der Waals surface area contributed by atoms with Gasteiger partial charge in [-0.3, -0.25) is 9.78 Å². The van der Waals surface area contributed by atoms with Crippen molar-refractivity contribution in [2.45, 2.75) is 37.5 Å². The summed E-state index contributed by atoms with van der Waals surface area (Å²) in [4.78, 5) is 20.4. The Hall–Kier alpha value is -3.01. The van der Waals surface area contributed by atoms with Gasteiger partial charge in [0.05, 0.1) is 24.5 Å². The van der Waals surface area contributed by atoms with Crippen molar-refractivity contribution in [3.8, 4) is 6.07 Å². The Morgan fingerprint density at radius 2 is 2.14 bits per heavy atom. The summed E-state index contributed by atoms with van der Waals surface area (Å²) in [6.45, 7) is 0. The van der Waals surface area contributed by atoms with E-state index in [1.54, 1.807) is 24.4 Å². The number of hydrogen-bond donors (Lipinski definition) is 4. The van der Waals surface area contributed by atoms with E-state index < -0.39 is 34.2 Å². The predicted molar refractivity (Wildman–Crippen MR) is 101 cm³/mol. The summed E-state index contributed by atoms with van der Waals surface area (Å²) < 4.78 is 29.3. The third kappa shape index (κ3) is 7.15. The van der Waals surface area contributed by atoms with Gasteiger partial charge in [0.1, 0.15) is 12.4 Å². The SMILES string of the molecule is CS(=O)(=O)Nc1nc(C(=O)NC(Cc2ccccn2)C(O)C(O)CCC#N)co1. The summed E-state index contributed by atoms with van der Waals surface area (Å²) in [6, 6.07) is 5.69. The normalized spacial score (nSPS) is 14.4. The van der Waals surface area contributed by atoms with Crippen LogP contribution < -0.4 is 10.0 Å². The molecule has 29 heavy (non-hydrogen) atoms. The highest BCUT2D eigenvalue weighted by atomic mass is 32.2. The Morgan fingerprint density at radius 3 is 2.76 bits per heavy atom. The molecule has 0 saturated carbocycles. The van der Waals surface area contributed by atoms with Gasteiger partial charge in [0.25, 0.3) is 5.91 Å². The Balaban J connectivity index is 2.15. The van der Waals surface area contributed by atoms with Crippen LogP contribution in [0.5, 0.6) is 0 Å². The number of sulfonamides is 1. The van der Waals surface area contributed by atoms with E-state index in [0.717, 1.165) is 12.5 Å². The van der Waals surface area contributed by atoms with Crippen LogP contribution in [0, 0.1) is 11.3 Å². The summed E-state index contributed by atoms with van der Waals surface area (Å²) in [5.41, 5.74) is 0.338. The molecule has 156 valence electrons. The summed E-state index contributed by atoms with van der Waals surface area (Å²) in [6.07, 6.45) is 0.943. The monoisotopic (exact) mass is 423 g/mol. The standard InChI is InChI=1S/C17H21N5O6S/c1-29(26,27)22-17-21-13(10-28-17)16(25)20-12(9-11-5-2-3-8-19-11)15(24)14(23)6-4-7-18/h2-3,5,8,10,12,14-15,23-24H,4,6,9H2,1H3,(H,20,25)(H,21,22). The number of amides is 1. The molecule has 2 heterocycles. The van der Waals surface area contributed by atoms with Crippen LogP contribution in [0.15, 0.2) is 35.1 Å². The van der Waals surface area contributed by atoms with Crippen LogP contribution >= 0.6 is 0 Å². The van der Waals surface area contributed by atoms with Crippen LogP contribution in [0.4, 0.5) is 6.01 Å². The van der Waals surface area contributed by atoms with Gasteiger partial charge in [0, 0.05) is 24.7 Å². The molecule has 4 N–H and O–H groups in total. The number of nitriles is 1. The zero-order valence-corrected chi connectivity index (χ0v) is 16.3. The fourth-order valence-corrected chi connectivity index (χ4v) is 2.89. The van der Waals surface area contributed by atoms with Crippen LogP contribution in [-0.4, -0.2) is 59.0 Å². The number of aliphatic hydroxyl groups excluding tert-OH is 2. The molecule has 0 aromatic carbocycles. The van der Waals surface area contributed by atoms with Crippen molar-refractivity contribution in [1.82, 2.24) is 15.3 Å². The van der Waals surface area contributed by atoms with Gasteiger partial charge >= 0.3 is 6.01 Å². The highest BCUT2D eigenvalue weighted by Gasteiger charge is 2.29. The molecule has 2 aromatic heterocycles. The largest absolute Gasteiger partial charge is 0.431 e. The number of hydrogen-bond acceptors (Lipinski definition) is 9. The summed E-state index contributed by atoms with van der Waals surface area (Å²) in [5, 5.41) is 31.8. The highest BCUT2D eigenvalue weighted by molar-refractivity contribution is 7.91. The van der Waals surface area contributed by atoms with Gasteiger partial charge in [-0.05, 0) is 18.6 Å². The van der Waals surface area contributed by atoms with Crippen LogP contribution in [0.25, 0.3) is 0 Å². The summed E-state index contributed by atoms with van der Waals surface area (Å²) in [5.74, 6) is -0.747. The molecule has 2 aromatic rings. The number of aliphatic hydroxyl groups is 2. The molecule has 0 spiro atoms. The van der Waals surface area contributed by atoms with E-state index in [-0.39, 0.29) is 31.0 Å². The van der Waals surface area contributed by atoms with Crippen molar-refractivity contribution < 1.29 is 27.8 Å². The van der Waals surface area contributed by atoms with Crippen molar-refractivity contribution in [1.29, 1.82) is 5.26 Å². The Kier molecular flexibility index (Phi) is 7.66. The van der Waals surface area contributed by atoms with E-state index in [0.29, 0.717) is 5.69 Å². The molecule has 3 atom stereocenters. The molecule has 3 unspecified atom stereocenters. The van der Waals surface area contributed by atoms with Crippen LogP contribution in [0.3, 0.4) is 0 Å². The first-order valence-corrected chi connectivity index (χ1v) is 10.5. The number of nitrogens with one attached hydrogen (secondary N) is 2. The molecule has 12 heteroatoms. The number of carbonyl (C=O) groups excluding carboxylic acids is 1. The van der Waals surface area contributed by atoms with Gasteiger partial charge in [0.2, 0.25) is 10.0 Å². The fourth-order valence-electron chi connectivity index (χ4n) is 2.48. The quantitative estimate of drug-likeness (QED) is 0.403. The molecular formula is C17H21N5O6S. The molecule has 0 saturated heterocycles. The maximum atomic E-state index is 12.5. The molecule has 1 amide bonds. The minimum Gasteiger partial charge on any atom is -0.431 e. The van der Waals surface area contributed by atoms with Crippen molar-refractivity contribution in [2.24, 2.45) is 0 Å². The van der Waals surface area contributed by atoms with Gasteiger partial charge in [-0.2, -0.15) is 10.2 Å². The van der Waals surface area contributed by atoms with E-state index in [1.807, 2.05) is 10.8 Å². The van der Waals surface area contributed by atoms with Crippen molar-refractivity contribution in [2.75, 3.05) is 11.0 Å². The number of pyridine rings is 1. The number of carbonyl (C=O) groups is 1. The number of nitrogens with zero attached hydrogens (tertiary/aromatic N) is 3. The second kappa shape index (κ2) is 9.97. The molecular weight excluding hydrogens is 402 g/mol. The van der Waals surface area contributed by atoms with Crippen molar-refractivity contribution in [3.63, 3.8) is 0 Å². The lowest BCUT2D eigenvalue weighted by molar-refractivity contribution is -0.00663. The summed E-state index contributed by atoms with van der Waals surface area (Å²) >= 11 is 0.